The van der Waals surface area contributed by atoms with Crippen molar-refractivity contribution in [1.82, 2.24) is 9.80 Å². The molecule has 3 fully saturated rings. The minimum absolute atomic E-state index is 0.110. The highest BCUT2D eigenvalue weighted by Crippen LogP contribution is 2.58. The molecule has 3 saturated heterocycles. The zero-order valence-electron chi connectivity index (χ0n) is 20.7. The minimum Gasteiger partial charge on any atom is -0.465 e. The predicted octanol–water partition coefficient (Wildman–Crippen LogP) is 2.47. The molecule has 2 amide bonds. The van der Waals surface area contributed by atoms with Crippen molar-refractivity contribution in [2.75, 3.05) is 26.3 Å². The Balaban J connectivity index is 1.63. The topological polar surface area (TPSA) is 96.4 Å². The van der Waals surface area contributed by atoms with Crippen molar-refractivity contribution in [1.29, 1.82) is 0 Å². The summed E-state index contributed by atoms with van der Waals surface area (Å²) >= 11 is 0. The van der Waals surface area contributed by atoms with Crippen LogP contribution in [0, 0.1) is 11.8 Å². The summed E-state index contributed by atoms with van der Waals surface area (Å²) in [6, 6.07) is 8.78. The van der Waals surface area contributed by atoms with Gasteiger partial charge in [0.1, 0.15) is 11.6 Å². The van der Waals surface area contributed by atoms with Crippen molar-refractivity contribution in [2.24, 2.45) is 11.8 Å². The van der Waals surface area contributed by atoms with Gasteiger partial charge in [-0.15, -0.1) is 13.2 Å². The molecular formula is C28H36N2O6. The summed E-state index contributed by atoms with van der Waals surface area (Å²) in [7, 11) is 0. The third-order valence-electron chi connectivity index (χ3n) is 7.54. The molecule has 8 heteroatoms. The molecule has 8 nitrogen and oxygen atoms in total. The number of likely N-dealkylation sites (tertiary alicyclic amines) is 1. The first kappa shape index (κ1) is 26.1. The van der Waals surface area contributed by atoms with Crippen LogP contribution in [0.1, 0.15) is 37.7 Å². The molecule has 5 atom stereocenters. The monoisotopic (exact) mass is 496 g/mol. The minimum atomic E-state index is -1.07. The van der Waals surface area contributed by atoms with Crippen LogP contribution in [-0.2, 0) is 30.4 Å². The van der Waals surface area contributed by atoms with Crippen LogP contribution in [-0.4, -0.2) is 76.7 Å². The standard InChI is InChI=1S/C28H36N2O6/c1-3-5-9-18-35-27(34)22-21-13-14-28(36-21)23(22)25(32)30(16-10-17-31)24(28)26(33)29(15-4-2)19-20-11-7-6-8-12-20/h3-4,6-8,11-12,21-24,31H,1-2,5,9-10,13-19H2/t21-,22+,23-,24?,28?/m0/s1. The number of ether oxygens (including phenoxy) is 2. The lowest BCUT2D eigenvalue weighted by atomic mass is 9.70. The second-order valence-corrected chi connectivity index (χ2v) is 9.76. The highest BCUT2D eigenvalue weighted by atomic mass is 16.6. The van der Waals surface area contributed by atoms with Gasteiger partial charge in [-0.1, -0.05) is 42.5 Å². The Hall–Kier alpha value is -2.97. The molecule has 0 aliphatic carbocycles. The highest BCUT2D eigenvalue weighted by molar-refractivity contribution is 5.98. The summed E-state index contributed by atoms with van der Waals surface area (Å²) < 4.78 is 11.9. The van der Waals surface area contributed by atoms with E-state index in [1.165, 1.54) is 4.90 Å². The third-order valence-corrected chi connectivity index (χ3v) is 7.54. The van der Waals surface area contributed by atoms with E-state index in [2.05, 4.69) is 13.2 Å². The second-order valence-electron chi connectivity index (χ2n) is 9.76. The summed E-state index contributed by atoms with van der Waals surface area (Å²) in [4.78, 5) is 44.2. The molecule has 3 aliphatic heterocycles. The maximum atomic E-state index is 14.1. The Labute approximate surface area is 212 Å². The van der Waals surface area contributed by atoms with Gasteiger partial charge in [-0.2, -0.15) is 0 Å². The Morgan fingerprint density at radius 1 is 1.22 bits per heavy atom. The van der Waals surface area contributed by atoms with Crippen molar-refractivity contribution in [3.63, 3.8) is 0 Å². The fraction of sp³-hybridized carbons (Fsp3) is 0.536. The molecule has 0 radical (unpaired) electrons. The van der Waals surface area contributed by atoms with E-state index in [4.69, 9.17) is 9.47 Å². The number of allylic oxidation sites excluding steroid dienone is 1. The summed E-state index contributed by atoms with van der Waals surface area (Å²) in [5.41, 5.74) is -0.111. The van der Waals surface area contributed by atoms with E-state index in [9.17, 15) is 19.5 Å². The van der Waals surface area contributed by atoms with E-state index in [0.29, 0.717) is 38.8 Å². The number of benzene rings is 1. The van der Waals surface area contributed by atoms with Crippen molar-refractivity contribution < 1.29 is 29.0 Å². The van der Waals surface area contributed by atoms with E-state index in [-0.39, 0.29) is 31.6 Å². The van der Waals surface area contributed by atoms with Gasteiger partial charge in [0.2, 0.25) is 11.8 Å². The van der Waals surface area contributed by atoms with Crippen molar-refractivity contribution in [3.8, 4) is 0 Å². The number of unbranched alkanes of at least 4 members (excludes halogenated alkanes) is 1. The molecule has 0 saturated carbocycles. The normalized spacial score (nSPS) is 28.1. The maximum absolute atomic E-state index is 14.1. The van der Waals surface area contributed by atoms with Gasteiger partial charge in [-0.05, 0) is 37.7 Å². The molecule has 4 rings (SSSR count). The molecule has 3 heterocycles. The van der Waals surface area contributed by atoms with Crippen molar-refractivity contribution in [2.45, 2.75) is 56.4 Å². The lowest BCUT2D eigenvalue weighted by Crippen LogP contribution is -2.56. The van der Waals surface area contributed by atoms with Gasteiger partial charge in [0.25, 0.3) is 0 Å². The lowest BCUT2D eigenvalue weighted by Gasteiger charge is -2.36. The number of nitrogens with zero attached hydrogens (tertiary/aromatic N) is 2. The molecule has 36 heavy (non-hydrogen) atoms. The van der Waals surface area contributed by atoms with Gasteiger partial charge in [-0.25, -0.2) is 0 Å². The van der Waals surface area contributed by atoms with E-state index in [1.807, 2.05) is 30.3 Å². The van der Waals surface area contributed by atoms with E-state index >= 15 is 0 Å². The molecular weight excluding hydrogens is 460 g/mol. The fourth-order valence-electron chi connectivity index (χ4n) is 6.04. The van der Waals surface area contributed by atoms with E-state index < -0.39 is 35.6 Å². The van der Waals surface area contributed by atoms with E-state index in [0.717, 1.165) is 12.0 Å². The number of aliphatic hydroxyl groups is 1. The Bertz CT molecular complexity index is 982. The van der Waals surface area contributed by atoms with Crippen LogP contribution in [0.2, 0.25) is 0 Å². The van der Waals surface area contributed by atoms with Gasteiger partial charge in [-0.3, -0.25) is 14.4 Å². The van der Waals surface area contributed by atoms with Crippen LogP contribution in [0.25, 0.3) is 0 Å². The van der Waals surface area contributed by atoms with E-state index in [1.54, 1.807) is 17.1 Å². The van der Waals surface area contributed by atoms with Gasteiger partial charge in [0.15, 0.2) is 0 Å². The number of aliphatic hydroxyl groups excluding tert-OH is 1. The van der Waals surface area contributed by atoms with Crippen LogP contribution >= 0.6 is 0 Å². The van der Waals surface area contributed by atoms with Gasteiger partial charge in [0.05, 0.1) is 24.5 Å². The molecule has 1 aromatic rings. The Morgan fingerprint density at radius 2 is 2.00 bits per heavy atom. The molecule has 2 bridgehead atoms. The number of esters is 1. The van der Waals surface area contributed by atoms with Crippen molar-refractivity contribution >= 4 is 17.8 Å². The summed E-state index contributed by atoms with van der Waals surface area (Å²) in [6.45, 7) is 8.53. The number of carbonyl (C=O) groups is 3. The second kappa shape index (κ2) is 11.4. The van der Waals surface area contributed by atoms with Crippen LogP contribution in [0.3, 0.4) is 0 Å². The van der Waals surface area contributed by atoms with Crippen LogP contribution in [0.4, 0.5) is 0 Å². The first-order valence-corrected chi connectivity index (χ1v) is 12.8. The molecule has 194 valence electrons. The first-order chi connectivity index (χ1) is 17.5. The molecule has 1 spiro atoms. The third kappa shape index (κ3) is 4.72. The zero-order chi connectivity index (χ0) is 25.7. The Morgan fingerprint density at radius 3 is 2.69 bits per heavy atom. The van der Waals surface area contributed by atoms with Crippen LogP contribution in [0.15, 0.2) is 55.6 Å². The number of hydrogen-bond donors (Lipinski definition) is 1. The Kier molecular flexibility index (Phi) is 8.26. The van der Waals surface area contributed by atoms with Gasteiger partial charge >= 0.3 is 5.97 Å². The number of rotatable bonds is 13. The first-order valence-electron chi connectivity index (χ1n) is 12.8. The van der Waals surface area contributed by atoms with Crippen LogP contribution < -0.4 is 0 Å². The molecule has 1 aromatic carbocycles. The quantitative estimate of drug-likeness (QED) is 0.256. The van der Waals surface area contributed by atoms with Gasteiger partial charge < -0.3 is 24.4 Å². The average molecular weight is 497 g/mol. The summed E-state index contributed by atoms with van der Waals surface area (Å²) in [5, 5.41) is 9.48. The smallest absolute Gasteiger partial charge is 0.312 e. The van der Waals surface area contributed by atoms with Crippen molar-refractivity contribution in [3.05, 3.63) is 61.2 Å². The number of amides is 2. The fourth-order valence-corrected chi connectivity index (χ4v) is 6.04. The maximum Gasteiger partial charge on any atom is 0.312 e. The lowest BCUT2D eigenvalue weighted by molar-refractivity contribution is -0.155. The molecule has 1 N–H and O–H groups in total. The van der Waals surface area contributed by atoms with Crippen LogP contribution in [0.5, 0.6) is 0 Å². The highest BCUT2D eigenvalue weighted by Gasteiger charge is 2.75. The number of hydrogen-bond acceptors (Lipinski definition) is 6. The van der Waals surface area contributed by atoms with Gasteiger partial charge in [0, 0.05) is 26.2 Å². The SMILES string of the molecule is C=CCCCOC(=O)[C@@H]1[C@@H]2CCC3(O2)C(C(=O)N(CC=C)Cc2ccccc2)N(CCCO)C(=O)[C@H]13. The largest absolute Gasteiger partial charge is 0.465 e. The molecule has 2 unspecified atom stereocenters. The molecule has 0 aromatic heterocycles. The number of fused-ring (bicyclic) bond motifs is 1. The summed E-state index contributed by atoms with van der Waals surface area (Å²) in [6.07, 6.45) is 5.83. The average Bonchev–Trinajstić information content (AvgIpc) is 3.52. The molecule has 3 aliphatic rings. The summed E-state index contributed by atoms with van der Waals surface area (Å²) in [5.74, 6) is -2.43. The zero-order valence-corrected chi connectivity index (χ0v) is 20.7. The predicted molar refractivity (Wildman–Crippen MR) is 133 cm³/mol. The number of carbonyl (C=O) groups excluding carboxylic acids is 3.